The molecule has 0 bridgehead atoms. The minimum atomic E-state index is -0.343. The van der Waals surface area contributed by atoms with Gasteiger partial charge in [-0.3, -0.25) is 10.2 Å². The standard InChI is InChI=1S/C21H26N2O2/c24-21(22-19-11-5-8-16-7-1-2-10-18(16)19)25-15-17-9-6-14-23-13-4-3-12-20(17)23/h1-2,5,7-8,10-11,17,20H,3-4,6,9,12-15H2,(H,22,24)/t17-,20+/m0/s1. The second-order valence-electron chi connectivity index (χ2n) is 7.25. The fraction of sp³-hybridized carbons (Fsp3) is 0.476. The monoisotopic (exact) mass is 338 g/mol. The highest BCUT2D eigenvalue weighted by Crippen LogP contribution is 2.31. The molecule has 0 spiro atoms. The molecule has 132 valence electrons. The number of carbonyl (C=O) groups excluding carboxylic acids is 1. The van der Waals surface area contributed by atoms with E-state index in [2.05, 4.69) is 10.2 Å². The Labute approximate surface area is 149 Å². The lowest BCUT2D eigenvalue weighted by Gasteiger charge is -2.44. The molecule has 1 amide bonds. The predicted molar refractivity (Wildman–Crippen MR) is 101 cm³/mol. The average Bonchev–Trinajstić information content (AvgIpc) is 2.66. The Morgan fingerprint density at radius 3 is 2.84 bits per heavy atom. The van der Waals surface area contributed by atoms with E-state index in [4.69, 9.17) is 4.74 Å². The third-order valence-corrected chi connectivity index (χ3v) is 5.68. The normalized spacial score (nSPS) is 23.8. The average molecular weight is 338 g/mol. The van der Waals surface area contributed by atoms with Crippen LogP contribution >= 0.6 is 0 Å². The number of carbonyl (C=O) groups is 1. The van der Waals surface area contributed by atoms with Gasteiger partial charge in [-0.25, -0.2) is 4.79 Å². The van der Waals surface area contributed by atoms with Gasteiger partial charge < -0.3 is 4.74 Å². The van der Waals surface area contributed by atoms with Crippen molar-refractivity contribution in [3.63, 3.8) is 0 Å². The summed E-state index contributed by atoms with van der Waals surface area (Å²) in [7, 11) is 0. The summed E-state index contributed by atoms with van der Waals surface area (Å²) in [6.07, 6.45) is 5.91. The number of hydrogen-bond donors (Lipinski definition) is 1. The molecular weight excluding hydrogens is 312 g/mol. The Kier molecular flexibility index (Phi) is 4.88. The van der Waals surface area contributed by atoms with Crippen molar-refractivity contribution in [2.24, 2.45) is 5.92 Å². The molecule has 2 fully saturated rings. The van der Waals surface area contributed by atoms with E-state index in [0.717, 1.165) is 16.5 Å². The summed E-state index contributed by atoms with van der Waals surface area (Å²) in [4.78, 5) is 14.9. The van der Waals surface area contributed by atoms with Crippen molar-refractivity contribution in [3.05, 3.63) is 42.5 Å². The third-order valence-electron chi connectivity index (χ3n) is 5.68. The van der Waals surface area contributed by atoms with E-state index in [1.54, 1.807) is 0 Å². The topological polar surface area (TPSA) is 41.6 Å². The number of hydrogen-bond acceptors (Lipinski definition) is 3. The zero-order valence-electron chi connectivity index (χ0n) is 14.6. The highest BCUT2D eigenvalue weighted by Gasteiger charge is 2.33. The van der Waals surface area contributed by atoms with Crippen LogP contribution in [0.1, 0.15) is 32.1 Å². The molecule has 2 heterocycles. The number of amides is 1. The first kappa shape index (κ1) is 16.4. The zero-order chi connectivity index (χ0) is 17.1. The number of benzene rings is 2. The second-order valence-corrected chi connectivity index (χ2v) is 7.25. The van der Waals surface area contributed by atoms with Crippen LogP contribution in [0.2, 0.25) is 0 Å². The van der Waals surface area contributed by atoms with Crippen molar-refractivity contribution in [3.8, 4) is 0 Å². The Balaban J connectivity index is 1.37. The van der Waals surface area contributed by atoms with E-state index in [-0.39, 0.29) is 6.09 Å². The highest BCUT2D eigenvalue weighted by molar-refractivity contribution is 6.00. The first-order valence-electron chi connectivity index (χ1n) is 9.47. The lowest BCUT2D eigenvalue weighted by Crippen LogP contribution is -2.49. The molecule has 2 aromatic rings. The molecule has 2 saturated heterocycles. The number of rotatable bonds is 3. The zero-order valence-corrected chi connectivity index (χ0v) is 14.6. The lowest BCUT2D eigenvalue weighted by atomic mass is 9.84. The molecule has 1 N–H and O–H groups in total. The van der Waals surface area contributed by atoms with Gasteiger partial charge in [-0.05, 0) is 50.2 Å². The number of ether oxygens (including phenoxy) is 1. The van der Waals surface area contributed by atoms with Crippen LogP contribution < -0.4 is 5.32 Å². The van der Waals surface area contributed by atoms with Gasteiger partial charge >= 0.3 is 6.09 Å². The molecule has 4 heteroatoms. The van der Waals surface area contributed by atoms with Crippen molar-refractivity contribution < 1.29 is 9.53 Å². The molecule has 25 heavy (non-hydrogen) atoms. The summed E-state index contributed by atoms with van der Waals surface area (Å²) >= 11 is 0. The van der Waals surface area contributed by atoms with E-state index in [0.29, 0.717) is 18.6 Å². The maximum absolute atomic E-state index is 12.3. The Morgan fingerprint density at radius 2 is 1.88 bits per heavy atom. The summed E-state index contributed by atoms with van der Waals surface area (Å²) in [5.74, 6) is 0.479. The molecule has 0 aromatic heterocycles. The van der Waals surface area contributed by atoms with Crippen LogP contribution in [-0.2, 0) is 4.74 Å². The summed E-state index contributed by atoms with van der Waals surface area (Å²) in [5.41, 5.74) is 0.811. The minimum absolute atomic E-state index is 0.343. The van der Waals surface area contributed by atoms with Crippen molar-refractivity contribution in [2.75, 3.05) is 25.0 Å². The fourth-order valence-corrected chi connectivity index (χ4v) is 4.43. The van der Waals surface area contributed by atoms with Crippen molar-refractivity contribution in [1.82, 2.24) is 4.90 Å². The first-order chi connectivity index (χ1) is 12.3. The van der Waals surface area contributed by atoms with Gasteiger partial charge in [0.1, 0.15) is 0 Å². The molecule has 0 radical (unpaired) electrons. The quantitative estimate of drug-likeness (QED) is 0.885. The first-order valence-corrected chi connectivity index (χ1v) is 9.47. The van der Waals surface area contributed by atoms with Crippen LogP contribution in [0.3, 0.4) is 0 Å². The van der Waals surface area contributed by atoms with Gasteiger partial charge in [0.05, 0.1) is 12.3 Å². The third kappa shape index (κ3) is 3.64. The fourth-order valence-electron chi connectivity index (χ4n) is 4.43. The van der Waals surface area contributed by atoms with Crippen LogP contribution in [0, 0.1) is 5.92 Å². The van der Waals surface area contributed by atoms with E-state index >= 15 is 0 Å². The van der Waals surface area contributed by atoms with Crippen LogP contribution in [0.4, 0.5) is 10.5 Å². The van der Waals surface area contributed by atoms with Crippen molar-refractivity contribution in [2.45, 2.75) is 38.1 Å². The number of nitrogens with zero attached hydrogens (tertiary/aromatic N) is 1. The Bertz CT molecular complexity index is 738. The maximum atomic E-state index is 12.3. The molecule has 0 unspecified atom stereocenters. The molecule has 2 aromatic carbocycles. The number of piperidine rings is 2. The Hall–Kier alpha value is -2.07. The molecule has 0 aliphatic carbocycles. The molecule has 2 aliphatic rings. The largest absolute Gasteiger partial charge is 0.449 e. The molecule has 4 rings (SSSR count). The van der Waals surface area contributed by atoms with Gasteiger partial charge in [-0.2, -0.15) is 0 Å². The van der Waals surface area contributed by atoms with Gasteiger partial charge in [0.2, 0.25) is 0 Å². The van der Waals surface area contributed by atoms with E-state index < -0.39 is 0 Å². The number of anilines is 1. The van der Waals surface area contributed by atoms with Crippen LogP contribution in [0.25, 0.3) is 10.8 Å². The lowest BCUT2D eigenvalue weighted by molar-refractivity contribution is 0.0261. The van der Waals surface area contributed by atoms with Crippen LogP contribution in [0.5, 0.6) is 0 Å². The van der Waals surface area contributed by atoms with Gasteiger partial charge in [0, 0.05) is 17.3 Å². The number of fused-ring (bicyclic) bond motifs is 2. The molecule has 0 saturated carbocycles. The van der Waals surface area contributed by atoms with Crippen molar-refractivity contribution >= 4 is 22.6 Å². The highest BCUT2D eigenvalue weighted by atomic mass is 16.5. The van der Waals surface area contributed by atoms with Gasteiger partial charge in [-0.1, -0.05) is 42.8 Å². The summed E-state index contributed by atoms with van der Waals surface area (Å²) in [6, 6.07) is 14.6. The summed E-state index contributed by atoms with van der Waals surface area (Å²) in [6.45, 7) is 2.95. The molecule has 2 atom stereocenters. The van der Waals surface area contributed by atoms with E-state index in [1.807, 2.05) is 42.5 Å². The molecular formula is C21H26N2O2. The summed E-state index contributed by atoms with van der Waals surface area (Å²) in [5, 5.41) is 5.08. The summed E-state index contributed by atoms with van der Waals surface area (Å²) < 4.78 is 5.61. The molecule has 2 aliphatic heterocycles. The maximum Gasteiger partial charge on any atom is 0.411 e. The smallest absolute Gasteiger partial charge is 0.411 e. The minimum Gasteiger partial charge on any atom is -0.449 e. The van der Waals surface area contributed by atoms with E-state index in [9.17, 15) is 4.79 Å². The number of nitrogens with one attached hydrogen (secondary N) is 1. The van der Waals surface area contributed by atoms with Gasteiger partial charge in [-0.15, -0.1) is 0 Å². The second kappa shape index (κ2) is 7.44. The predicted octanol–water partition coefficient (Wildman–Crippen LogP) is 4.65. The van der Waals surface area contributed by atoms with E-state index in [1.165, 1.54) is 45.2 Å². The Morgan fingerprint density at radius 1 is 1.04 bits per heavy atom. The van der Waals surface area contributed by atoms with Crippen molar-refractivity contribution in [1.29, 1.82) is 0 Å². The molecule has 4 nitrogen and oxygen atoms in total. The van der Waals surface area contributed by atoms with Gasteiger partial charge in [0.25, 0.3) is 0 Å². The van der Waals surface area contributed by atoms with Crippen LogP contribution in [-0.4, -0.2) is 36.7 Å². The van der Waals surface area contributed by atoms with Gasteiger partial charge in [0.15, 0.2) is 0 Å². The SMILES string of the molecule is O=C(Nc1cccc2ccccc12)OC[C@@H]1CCCN2CCCC[C@H]12. The van der Waals surface area contributed by atoms with Crippen LogP contribution in [0.15, 0.2) is 42.5 Å².